The number of benzene rings is 2. The van der Waals surface area contributed by atoms with Gasteiger partial charge in [-0.05, 0) is 30.7 Å². The molecule has 27 heavy (non-hydrogen) atoms. The van der Waals surface area contributed by atoms with E-state index in [1.807, 2.05) is 48.7 Å². The van der Waals surface area contributed by atoms with E-state index in [9.17, 15) is 9.59 Å². The molecule has 0 aliphatic carbocycles. The topological polar surface area (TPSA) is 63.5 Å². The molecule has 5 nitrogen and oxygen atoms in total. The molecule has 0 aliphatic heterocycles. The van der Waals surface area contributed by atoms with Gasteiger partial charge in [0.2, 0.25) is 0 Å². The van der Waals surface area contributed by atoms with Crippen LogP contribution in [0.3, 0.4) is 0 Å². The Bertz CT molecular complexity index is 1230. The summed E-state index contributed by atoms with van der Waals surface area (Å²) in [4.78, 5) is 30.4. The Morgan fingerprint density at radius 1 is 1.19 bits per heavy atom. The Labute approximate surface area is 163 Å². The van der Waals surface area contributed by atoms with Crippen LogP contribution in [0.2, 0.25) is 5.02 Å². The molecule has 1 amide bonds. The molecule has 2 aromatic heterocycles. The summed E-state index contributed by atoms with van der Waals surface area (Å²) in [6, 6.07) is 14.6. The van der Waals surface area contributed by atoms with Crippen LogP contribution < -0.4 is 10.9 Å². The fourth-order valence-electron chi connectivity index (χ4n) is 2.83. The number of hydrogen-bond acceptors (Lipinski definition) is 4. The van der Waals surface area contributed by atoms with Gasteiger partial charge < -0.3 is 5.32 Å². The molecule has 7 heteroatoms. The van der Waals surface area contributed by atoms with Crippen molar-refractivity contribution in [1.82, 2.24) is 9.38 Å². The third-order valence-electron chi connectivity index (χ3n) is 4.12. The van der Waals surface area contributed by atoms with Crippen molar-refractivity contribution in [1.29, 1.82) is 0 Å². The molecular weight excluding hydrogens is 382 g/mol. The molecule has 2 heterocycles. The number of anilines is 1. The van der Waals surface area contributed by atoms with Crippen LogP contribution >= 0.6 is 22.9 Å². The summed E-state index contributed by atoms with van der Waals surface area (Å²) < 4.78 is 1.43. The highest BCUT2D eigenvalue weighted by Crippen LogP contribution is 2.29. The van der Waals surface area contributed by atoms with Crippen molar-refractivity contribution in [3.63, 3.8) is 0 Å². The fraction of sp³-hybridized carbons (Fsp3) is 0.0500. The highest BCUT2D eigenvalue weighted by Gasteiger charge is 2.18. The van der Waals surface area contributed by atoms with Gasteiger partial charge in [0.25, 0.3) is 11.5 Å². The molecule has 2 aromatic carbocycles. The first-order chi connectivity index (χ1) is 13.0. The lowest BCUT2D eigenvalue weighted by molar-refractivity contribution is 0.102. The maximum Gasteiger partial charge on any atom is 0.271 e. The van der Waals surface area contributed by atoms with Gasteiger partial charge in [0.05, 0.1) is 5.69 Å². The van der Waals surface area contributed by atoms with Gasteiger partial charge in [-0.15, -0.1) is 11.3 Å². The highest BCUT2D eigenvalue weighted by atomic mass is 35.5. The Balaban J connectivity index is 1.80. The van der Waals surface area contributed by atoms with E-state index in [1.54, 1.807) is 12.1 Å². The molecule has 0 spiro atoms. The number of carbonyl (C=O) groups is 1. The number of thiazole rings is 1. The largest absolute Gasteiger partial charge is 0.322 e. The maximum atomic E-state index is 13.0. The zero-order chi connectivity index (χ0) is 19.0. The van der Waals surface area contributed by atoms with Crippen LogP contribution in [-0.2, 0) is 0 Å². The molecule has 0 saturated heterocycles. The number of nitrogens with zero attached hydrogens (tertiary/aromatic N) is 2. The molecule has 1 N–H and O–H groups in total. The first kappa shape index (κ1) is 17.5. The smallest absolute Gasteiger partial charge is 0.271 e. The van der Waals surface area contributed by atoms with Gasteiger partial charge in [0.15, 0.2) is 4.96 Å². The predicted octanol–water partition coefficient (Wildman–Crippen LogP) is 4.64. The van der Waals surface area contributed by atoms with E-state index in [0.29, 0.717) is 26.9 Å². The molecule has 0 radical (unpaired) electrons. The summed E-state index contributed by atoms with van der Waals surface area (Å²) in [5.74, 6) is -0.496. The molecule has 0 bridgehead atoms. The molecule has 4 rings (SSSR count). The summed E-state index contributed by atoms with van der Waals surface area (Å²) in [5, 5.41) is 5.09. The number of nitrogens with one attached hydrogen (secondary N) is 1. The summed E-state index contributed by atoms with van der Waals surface area (Å²) in [6.07, 6.45) is 1.32. The number of aromatic nitrogens is 2. The van der Waals surface area contributed by atoms with Gasteiger partial charge in [0.1, 0.15) is 5.56 Å². The molecule has 4 aromatic rings. The second-order valence-electron chi connectivity index (χ2n) is 6.02. The van der Waals surface area contributed by atoms with Crippen LogP contribution in [0, 0.1) is 6.92 Å². The monoisotopic (exact) mass is 395 g/mol. The minimum atomic E-state index is -0.496. The van der Waals surface area contributed by atoms with Crippen molar-refractivity contribution < 1.29 is 4.79 Å². The summed E-state index contributed by atoms with van der Waals surface area (Å²) >= 11 is 7.60. The van der Waals surface area contributed by atoms with Crippen molar-refractivity contribution in [2.45, 2.75) is 6.92 Å². The number of rotatable bonds is 3. The van der Waals surface area contributed by atoms with Crippen molar-refractivity contribution >= 4 is 39.5 Å². The molecule has 0 aliphatic rings. The Morgan fingerprint density at radius 3 is 2.78 bits per heavy atom. The van der Waals surface area contributed by atoms with Gasteiger partial charge in [-0.25, -0.2) is 4.98 Å². The average molecular weight is 396 g/mol. The third-order valence-corrected chi connectivity index (χ3v) is 5.29. The van der Waals surface area contributed by atoms with Crippen molar-refractivity contribution in [3.05, 3.63) is 86.6 Å². The van der Waals surface area contributed by atoms with E-state index in [-0.39, 0.29) is 5.56 Å². The van der Waals surface area contributed by atoms with Crippen molar-refractivity contribution in [3.8, 4) is 11.3 Å². The van der Waals surface area contributed by atoms with Crippen molar-refractivity contribution in [2.24, 2.45) is 0 Å². The zero-order valence-electron chi connectivity index (χ0n) is 14.3. The number of hydrogen-bond donors (Lipinski definition) is 1. The van der Waals surface area contributed by atoms with Crippen LogP contribution in [0.4, 0.5) is 5.69 Å². The summed E-state index contributed by atoms with van der Waals surface area (Å²) in [5.41, 5.74) is 2.51. The Kier molecular flexibility index (Phi) is 4.51. The van der Waals surface area contributed by atoms with Crippen LogP contribution in [0.1, 0.15) is 15.9 Å². The van der Waals surface area contributed by atoms with Crippen LogP contribution in [0.5, 0.6) is 0 Å². The minimum Gasteiger partial charge on any atom is -0.322 e. The van der Waals surface area contributed by atoms with Gasteiger partial charge in [0, 0.05) is 27.9 Å². The summed E-state index contributed by atoms with van der Waals surface area (Å²) in [6.45, 7) is 1.93. The number of carbonyl (C=O) groups excluding carboxylic acids is 1. The molecule has 0 atom stereocenters. The molecule has 0 fully saturated rings. The second kappa shape index (κ2) is 6.98. The molecule has 0 saturated carbocycles. The number of amides is 1. The van der Waals surface area contributed by atoms with Crippen LogP contribution in [-0.4, -0.2) is 15.3 Å². The number of halogens is 1. The molecule has 134 valence electrons. The van der Waals surface area contributed by atoms with E-state index in [2.05, 4.69) is 10.3 Å². The van der Waals surface area contributed by atoms with E-state index in [4.69, 9.17) is 11.6 Å². The average Bonchev–Trinajstić information content (AvgIpc) is 3.07. The predicted molar refractivity (Wildman–Crippen MR) is 109 cm³/mol. The minimum absolute atomic E-state index is 0.0271. The number of aryl methyl sites for hydroxylation is 1. The SMILES string of the molecule is Cc1cccc(NC(=O)c2cnc3scc(-c4ccccc4Cl)n3c2=O)c1. The van der Waals surface area contributed by atoms with Gasteiger partial charge in [-0.2, -0.15) is 0 Å². The van der Waals surface area contributed by atoms with Gasteiger partial charge >= 0.3 is 0 Å². The van der Waals surface area contributed by atoms with Crippen molar-refractivity contribution in [2.75, 3.05) is 5.32 Å². The Hall–Kier alpha value is -2.96. The lowest BCUT2D eigenvalue weighted by Crippen LogP contribution is -2.26. The quantitative estimate of drug-likeness (QED) is 0.549. The zero-order valence-corrected chi connectivity index (χ0v) is 15.8. The van der Waals surface area contributed by atoms with Crippen LogP contribution in [0.25, 0.3) is 16.2 Å². The molecular formula is C20H14ClN3O2S. The first-order valence-corrected chi connectivity index (χ1v) is 9.42. The van der Waals surface area contributed by atoms with Gasteiger partial charge in [-0.3, -0.25) is 14.0 Å². The van der Waals surface area contributed by atoms with Gasteiger partial charge in [-0.1, -0.05) is 41.9 Å². The Morgan fingerprint density at radius 2 is 2.00 bits per heavy atom. The van der Waals surface area contributed by atoms with E-state index >= 15 is 0 Å². The number of fused-ring (bicyclic) bond motifs is 1. The second-order valence-corrected chi connectivity index (χ2v) is 7.26. The fourth-order valence-corrected chi connectivity index (χ4v) is 3.91. The summed E-state index contributed by atoms with van der Waals surface area (Å²) in [7, 11) is 0. The normalized spacial score (nSPS) is 10.9. The lowest BCUT2D eigenvalue weighted by atomic mass is 10.1. The highest BCUT2D eigenvalue weighted by molar-refractivity contribution is 7.15. The maximum absolute atomic E-state index is 13.0. The van der Waals surface area contributed by atoms with E-state index < -0.39 is 11.5 Å². The first-order valence-electron chi connectivity index (χ1n) is 8.17. The third kappa shape index (κ3) is 3.25. The standard InChI is InChI=1S/C20H14ClN3O2S/c1-12-5-4-6-13(9-12)23-18(25)15-10-22-20-24(19(15)26)17(11-27-20)14-7-2-3-8-16(14)21/h2-11H,1H3,(H,23,25). The lowest BCUT2D eigenvalue weighted by Gasteiger charge is -2.07. The van der Waals surface area contributed by atoms with Crippen LogP contribution in [0.15, 0.2) is 64.9 Å². The van der Waals surface area contributed by atoms with E-state index in [0.717, 1.165) is 5.56 Å². The molecule has 0 unspecified atom stereocenters. The van der Waals surface area contributed by atoms with E-state index in [1.165, 1.54) is 21.9 Å².